The minimum Gasteiger partial charge on any atom is -0.458 e. The molecule has 35 heteroatoms. The maximum atomic E-state index is 15.9. The molecule has 2 aromatic rings. The molecule has 8 rings (SSSR count). The smallest absolute Gasteiger partial charge is 0.408 e. The molecule has 12 amide bonds. The van der Waals surface area contributed by atoms with Gasteiger partial charge in [-0.1, -0.05) is 99.6 Å². The fourth-order valence-electron chi connectivity index (χ4n) is 14.3. The number of fused-ring (bicyclic) bond motifs is 4. The number of cyclic esters (lactones) is 2. The van der Waals surface area contributed by atoms with Crippen molar-refractivity contribution in [3.63, 3.8) is 0 Å². The molecule has 35 nitrogen and oxygen atoms in total. The SMILES string of the molecule is Cc1c2oc3c(C)c(NC(=O)COC(=O)C(NC(=O)OCc4ccccc4)C(C)C)cc(C(=O)NC4C(=O)NC(C(C)C)C(=O)N5CCCC5C(=O)N(C)CC(=O)N(C)C(C(C)C)C(=O)OC4C)c3nc-2c(C(=O)NC2C(=O)NC(C(C)C)C(=O)N3CCCC3C(=O)N(C)CC(=O)N(C)C(C(C)C)C(=O)OC2C)c(N)c1=O. The van der Waals surface area contributed by atoms with Crippen molar-refractivity contribution in [2.75, 3.05) is 72.0 Å². The van der Waals surface area contributed by atoms with Crippen molar-refractivity contribution in [2.24, 2.45) is 29.6 Å². The Balaban J connectivity index is 1.27. The number of nitrogen functional groups attached to an aromatic ring is 1. The average Bonchev–Trinajstić information content (AvgIpc) is 0.923. The predicted octanol–water partition coefficient (Wildman–Crippen LogP) is 2.16. The molecular weight excluding hydrogens is 1460 g/mol. The van der Waals surface area contributed by atoms with Crippen LogP contribution in [0.4, 0.5) is 16.2 Å². The molecule has 0 spiro atoms. The molecule has 0 saturated carbocycles. The number of rotatable bonds is 16. The Kier molecular flexibility index (Phi) is 27.9. The lowest BCUT2D eigenvalue weighted by atomic mass is 9.98. The number of anilines is 2. The second-order valence-corrected chi connectivity index (χ2v) is 30.8. The second kappa shape index (κ2) is 36.3. The van der Waals surface area contributed by atoms with Gasteiger partial charge in [-0.05, 0) is 94.6 Å². The van der Waals surface area contributed by atoms with Crippen molar-refractivity contribution >= 4 is 111 Å². The third-order valence-electron chi connectivity index (χ3n) is 20.7. The Morgan fingerprint density at radius 3 is 1.55 bits per heavy atom. The second-order valence-electron chi connectivity index (χ2n) is 30.8. The minimum atomic E-state index is -2.00. The summed E-state index contributed by atoms with van der Waals surface area (Å²) in [7, 11) is 5.44. The minimum absolute atomic E-state index is 0.0548. The largest absolute Gasteiger partial charge is 0.458 e. The molecule has 2 aromatic carbocycles. The van der Waals surface area contributed by atoms with Crippen LogP contribution in [-0.2, 0) is 83.1 Å². The van der Waals surface area contributed by atoms with E-state index >= 15 is 19.2 Å². The molecule has 4 fully saturated rings. The third kappa shape index (κ3) is 19.0. The fourth-order valence-corrected chi connectivity index (χ4v) is 14.3. The van der Waals surface area contributed by atoms with Crippen LogP contribution in [0.15, 0.2) is 45.6 Å². The van der Waals surface area contributed by atoms with E-state index in [0.29, 0.717) is 18.4 Å². The van der Waals surface area contributed by atoms with Crippen molar-refractivity contribution in [2.45, 2.75) is 196 Å². The Morgan fingerprint density at radius 1 is 0.625 bits per heavy atom. The molecule has 6 aliphatic rings. The molecular formula is C77H104N14O21. The van der Waals surface area contributed by atoms with E-state index in [1.807, 2.05) is 0 Å². The molecule has 11 unspecified atom stereocenters. The van der Waals surface area contributed by atoms with Crippen molar-refractivity contribution in [3.05, 3.63) is 74.4 Å². The fraction of sp³-hybridized carbons (Fsp3) is 0.571. The van der Waals surface area contributed by atoms with Crippen LogP contribution in [0.3, 0.4) is 0 Å². The van der Waals surface area contributed by atoms with Gasteiger partial charge in [-0.25, -0.2) is 24.2 Å². The number of hydrogen-bond donors (Lipinski definition) is 7. The highest BCUT2D eigenvalue weighted by molar-refractivity contribution is 6.12. The summed E-state index contributed by atoms with van der Waals surface area (Å²) in [4.78, 5) is 244. The number of amides is 12. The van der Waals surface area contributed by atoms with Crippen LogP contribution in [0, 0.1) is 43.4 Å². The van der Waals surface area contributed by atoms with Gasteiger partial charge in [-0.3, -0.25) is 57.5 Å². The first-order valence-corrected chi connectivity index (χ1v) is 37.5. The lowest BCUT2D eigenvalue weighted by Gasteiger charge is -2.36. The van der Waals surface area contributed by atoms with Gasteiger partial charge >= 0.3 is 24.0 Å². The van der Waals surface area contributed by atoms with E-state index in [1.165, 1.54) is 65.7 Å². The summed E-state index contributed by atoms with van der Waals surface area (Å²) in [5.74, 6) is -16.8. The van der Waals surface area contributed by atoms with E-state index in [-0.39, 0.29) is 49.4 Å². The van der Waals surface area contributed by atoms with Gasteiger partial charge in [0, 0.05) is 58.1 Å². The number of aromatic nitrogens is 1. The van der Waals surface area contributed by atoms with Gasteiger partial charge in [0.05, 0.1) is 29.9 Å². The summed E-state index contributed by atoms with van der Waals surface area (Å²) < 4.78 is 29.4. The highest BCUT2D eigenvalue weighted by Crippen LogP contribution is 2.38. The van der Waals surface area contributed by atoms with Crippen LogP contribution in [0.1, 0.15) is 146 Å². The van der Waals surface area contributed by atoms with E-state index in [4.69, 9.17) is 34.1 Å². The number of alkyl carbamates (subject to hydrolysis) is 1. The first kappa shape index (κ1) is 86.3. The van der Waals surface area contributed by atoms with Gasteiger partial charge in [-0.15, -0.1) is 0 Å². The number of esters is 3. The van der Waals surface area contributed by atoms with Crippen molar-refractivity contribution in [1.29, 1.82) is 0 Å². The van der Waals surface area contributed by atoms with Gasteiger partial charge in [-0.2, -0.15) is 0 Å². The molecule has 11 atom stereocenters. The number of benzene rings is 3. The zero-order chi connectivity index (χ0) is 83.1. The quantitative estimate of drug-likeness (QED) is 0.0366. The summed E-state index contributed by atoms with van der Waals surface area (Å²) in [5.41, 5.74) is 2.00. The number of likely N-dealkylation sites (N-methyl/N-ethyl adjacent to an activating group) is 4. The third-order valence-corrected chi connectivity index (χ3v) is 20.7. The van der Waals surface area contributed by atoms with E-state index in [2.05, 4.69) is 31.9 Å². The predicted molar refractivity (Wildman–Crippen MR) is 403 cm³/mol. The Morgan fingerprint density at radius 2 is 1.10 bits per heavy atom. The molecule has 5 aliphatic heterocycles. The number of aryl methyl sites for hydroxylation is 1. The van der Waals surface area contributed by atoms with E-state index in [9.17, 15) is 57.5 Å². The summed E-state index contributed by atoms with van der Waals surface area (Å²) in [6.07, 6.45) is -3.15. The van der Waals surface area contributed by atoms with Crippen molar-refractivity contribution < 1.29 is 95.3 Å². The number of nitrogens with one attached hydrogen (secondary N) is 6. The topological polar surface area (TPSA) is 454 Å². The zero-order valence-electron chi connectivity index (χ0n) is 66.6. The molecule has 0 aromatic heterocycles. The van der Waals surface area contributed by atoms with Gasteiger partial charge in [0.25, 0.3) is 17.7 Å². The van der Waals surface area contributed by atoms with E-state index < -0.39 is 250 Å². The summed E-state index contributed by atoms with van der Waals surface area (Å²) in [6, 6.07) is -3.19. The van der Waals surface area contributed by atoms with Crippen LogP contribution in [0.5, 0.6) is 0 Å². The lowest BCUT2D eigenvalue weighted by molar-refractivity contribution is -0.163. The molecule has 1 aliphatic carbocycles. The van der Waals surface area contributed by atoms with Crippen LogP contribution in [-0.4, -0.2) is 251 Å². The highest BCUT2D eigenvalue weighted by Gasteiger charge is 2.47. The molecule has 8 N–H and O–H groups in total. The van der Waals surface area contributed by atoms with Gasteiger partial charge in [0.2, 0.25) is 52.7 Å². The van der Waals surface area contributed by atoms with Gasteiger partial charge in [0.1, 0.15) is 84.4 Å². The number of hydrogen-bond acceptors (Lipinski definition) is 23. The van der Waals surface area contributed by atoms with Crippen LogP contribution >= 0.6 is 0 Å². The van der Waals surface area contributed by atoms with E-state index in [1.54, 1.807) is 99.6 Å². The van der Waals surface area contributed by atoms with Crippen molar-refractivity contribution in [1.82, 2.24) is 61.0 Å². The molecule has 608 valence electrons. The number of carbonyl (C=O) groups is 15. The number of carbonyl (C=O) groups excluding carboxylic acids is 15. The molecule has 5 heterocycles. The van der Waals surface area contributed by atoms with Crippen molar-refractivity contribution in [3.8, 4) is 11.5 Å². The summed E-state index contributed by atoms with van der Waals surface area (Å²) >= 11 is 0. The molecule has 0 radical (unpaired) electrons. The molecule has 0 bridgehead atoms. The maximum absolute atomic E-state index is 15.9. The number of nitrogens with two attached hydrogens (primary N) is 1. The molecule has 4 saturated heterocycles. The number of nitrogens with zero attached hydrogens (tertiary/aromatic N) is 7. The normalized spacial score (nSPS) is 23.5. The highest BCUT2D eigenvalue weighted by atomic mass is 16.6. The van der Waals surface area contributed by atoms with Gasteiger partial charge in [0.15, 0.2) is 18.0 Å². The van der Waals surface area contributed by atoms with Crippen LogP contribution in [0.2, 0.25) is 0 Å². The van der Waals surface area contributed by atoms with Crippen LogP contribution < -0.4 is 43.1 Å². The Hall–Kier alpha value is -11.3. The molecule has 112 heavy (non-hydrogen) atoms. The Labute approximate surface area is 648 Å². The van der Waals surface area contributed by atoms with E-state index in [0.717, 1.165) is 25.7 Å². The lowest BCUT2D eigenvalue weighted by Crippen LogP contribution is -2.61. The first-order valence-electron chi connectivity index (χ1n) is 37.5. The monoisotopic (exact) mass is 1560 g/mol. The number of ether oxygens (including phenoxy) is 4. The first-order chi connectivity index (χ1) is 52.6. The van der Waals surface area contributed by atoms with Gasteiger partial charge < -0.3 is 90.4 Å². The average molecular weight is 1560 g/mol. The summed E-state index contributed by atoms with van der Waals surface area (Å²) in [5, 5.41) is 15.6. The maximum Gasteiger partial charge on any atom is 0.408 e. The summed E-state index contributed by atoms with van der Waals surface area (Å²) in [6.45, 7) is 19.4. The standard InChI is InChI=1S/C77H104N14O21/c1-35(2)54-72(102)90-28-22-26-47(90)70(100)86(15)31-50(93)88(17)61(38(7)8)75(105)110-42(13)57(68(98)81-54)83-66(96)45-30-46(79-49(92)34-108-74(104)56(37(5)6)85-77(107)109-33-44-24-20-19-21-25-44)40(11)64-59(45)80-60-52(53(78)63(95)41(12)65(60)112-64)67(97)84-58-43(14)111-76(106)62(39(9)10)89(18)51(94)32-87(16)71(101)48-27-23-29-91(48)73(103)55(36(3)4)82-69(58)99/h19-21,24-25,30,35-39,42-43,47-48,54-58,61-62H,22-23,26-29,31-34,78H2,1-18H3,(H,79,92)(H,81,98)(H,82,99)(H,83,96)(H,84,97)(H,85,107). The van der Waals surface area contributed by atoms with Crippen LogP contribution in [0.25, 0.3) is 22.6 Å². The Bertz CT molecular complexity index is 4370. The zero-order valence-corrected chi connectivity index (χ0v) is 66.6.